The van der Waals surface area contributed by atoms with Crippen molar-refractivity contribution in [3.63, 3.8) is 0 Å². The highest BCUT2D eigenvalue weighted by Crippen LogP contribution is 2.31. The van der Waals surface area contributed by atoms with Crippen molar-refractivity contribution in [3.8, 4) is 0 Å². The van der Waals surface area contributed by atoms with Crippen molar-refractivity contribution in [1.29, 1.82) is 0 Å². The van der Waals surface area contributed by atoms with Crippen LogP contribution < -0.4 is 0 Å². The Hall–Kier alpha value is -0.120. The maximum atomic E-state index is 9.36. The molecule has 2 bridgehead atoms. The summed E-state index contributed by atoms with van der Waals surface area (Å²) in [6.07, 6.45) is 0.401. The molecule has 4 atom stereocenters. The predicted molar refractivity (Wildman–Crippen MR) is 34.4 cm³/mol. The van der Waals surface area contributed by atoms with Crippen LogP contribution in [0.25, 0.3) is 0 Å². The zero-order chi connectivity index (χ0) is 7.14. The minimum absolute atomic E-state index is 0.0478. The van der Waals surface area contributed by atoms with Crippen molar-refractivity contribution in [1.82, 2.24) is 0 Å². The molecule has 0 aromatic rings. The number of fused-ring (bicyclic) bond motifs is 2. The van der Waals surface area contributed by atoms with E-state index < -0.39 is 0 Å². The van der Waals surface area contributed by atoms with Gasteiger partial charge in [-0.15, -0.1) is 0 Å². The van der Waals surface area contributed by atoms with Gasteiger partial charge in [0.2, 0.25) is 0 Å². The Balaban J connectivity index is 2.09. The first kappa shape index (κ1) is 6.58. The second-order valence-corrected chi connectivity index (χ2v) is 3.16. The van der Waals surface area contributed by atoms with E-state index >= 15 is 0 Å². The summed E-state index contributed by atoms with van der Waals surface area (Å²) >= 11 is 0. The quantitative estimate of drug-likeness (QED) is 0.525. The summed E-state index contributed by atoms with van der Waals surface area (Å²) in [5.74, 6) is 0.341. The van der Waals surface area contributed by atoms with Gasteiger partial charge in [-0.1, -0.05) is 6.92 Å². The number of rotatable bonds is 0. The maximum Gasteiger partial charge on any atom is 0.160 e. The standard InChI is InChI=1S/C7H12O3/c1-4-2-5(8)6-3-9-7(4)10-6/h4-8H,2-3H2,1H3. The van der Waals surface area contributed by atoms with Crippen LogP contribution in [0.15, 0.2) is 0 Å². The van der Waals surface area contributed by atoms with Gasteiger partial charge in [0.05, 0.1) is 12.7 Å². The predicted octanol–water partition coefficient (Wildman–Crippen LogP) is 0.129. The lowest BCUT2D eigenvalue weighted by atomic mass is 9.98. The Labute approximate surface area is 59.9 Å². The van der Waals surface area contributed by atoms with Crippen LogP contribution in [0.2, 0.25) is 0 Å². The molecule has 2 saturated heterocycles. The molecule has 0 spiro atoms. The molecule has 2 aliphatic rings. The smallest absolute Gasteiger partial charge is 0.160 e. The SMILES string of the molecule is CC1CC(O)C2COC1O2. The topological polar surface area (TPSA) is 38.7 Å². The largest absolute Gasteiger partial charge is 0.390 e. The molecule has 3 heteroatoms. The second kappa shape index (κ2) is 2.19. The van der Waals surface area contributed by atoms with Gasteiger partial charge < -0.3 is 14.6 Å². The number of ether oxygens (including phenoxy) is 2. The molecule has 3 nitrogen and oxygen atoms in total. The Morgan fingerprint density at radius 3 is 3.10 bits per heavy atom. The third-order valence-corrected chi connectivity index (χ3v) is 2.24. The lowest BCUT2D eigenvalue weighted by molar-refractivity contribution is -0.149. The lowest BCUT2D eigenvalue weighted by Gasteiger charge is -2.28. The molecule has 58 valence electrons. The molecule has 0 aliphatic carbocycles. The van der Waals surface area contributed by atoms with E-state index in [-0.39, 0.29) is 18.5 Å². The van der Waals surface area contributed by atoms with E-state index in [1.54, 1.807) is 0 Å². The fraction of sp³-hybridized carbons (Fsp3) is 1.00. The molecule has 0 aromatic heterocycles. The van der Waals surface area contributed by atoms with Crippen molar-refractivity contribution in [2.24, 2.45) is 5.92 Å². The second-order valence-electron chi connectivity index (χ2n) is 3.16. The van der Waals surface area contributed by atoms with Gasteiger partial charge in [-0.05, 0) is 6.42 Å². The highest BCUT2D eigenvalue weighted by Gasteiger charge is 2.40. The van der Waals surface area contributed by atoms with Gasteiger partial charge in [-0.2, -0.15) is 0 Å². The van der Waals surface area contributed by atoms with Gasteiger partial charge >= 0.3 is 0 Å². The van der Waals surface area contributed by atoms with Gasteiger partial charge in [-0.25, -0.2) is 0 Å². The summed E-state index contributed by atoms with van der Waals surface area (Å²) < 4.78 is 10.6. The van der Waals surface area contributed by atoms with E-state index in [9.17, 15) is 5.11 Å². The Morgan fingerprint density at radius 1 is 1.50 bits per heavy atom. The van der Waals surface area contributed by atoms with Crippen LogP contribution >= 0.6 is 0 Å². The summed E-state index contributed by atoms with van der Waals surface area (Å²) in [4.78, 5) is 0. The van der Waals surface area contributed by atoms with Gasteiger partial charge in [-0.3, -0.25) is 0 Å². The molecule has 1 N–H and O–H groups in total. The highest BCUT2D eigenvalue weighted by atomic mass is 16.7. The highest BCUT2D eigenvalue weighted by molar-refractivity contribution is 4.83. The Bertz CT molecular complexity index is 123. The molecule has 4 unspecified atom stereocenters. The first-order valence-corrected chi connectivity index (χ1v) is 3.72. The van der Waals surface area contributed by atoms with E-state index in [4.69, 9.17) is 9.47 Å². The minimum Gasteiger partial charge on any atom is -0.390 e. The van der Waals surface area contributed by atoms with Crippen LogP contribution in [-0.2, 0) is 9.47 Å². The first-order chi connectivity index (χ1) is 4.77. The summed E-state index contributed by atoms with van der Waals surface area (Å²) in [6, 6.07) is 0. The van der Waals surface area contributed by atoms with E-state index in [0.29, 0.717) is 12.5 Å². The zero-order valence-electron chi connectivity index (χ0n) is 5.99. The third-order valence-electron chi connectivity index (χ3n) is 2.24. The van der Waals surface area contributed by atoms with Crippen molar-refractivity contribution in [3.05, 3.63) is 0 Å². The maximum absolute atomic E-state index is 9.36. The lowest BCUT2D eigenvalue weighted by Crippen LogP contribution is -2.37. The van der Waals surface area contributed by atoms with E-state index in [1.807, 2.05) is 6.92 Å². The number of aliphatic hydroxyl groups is 1. The van der Waals surface area contributed by atoms with E-state index in [1.165, 1.54) is 0 Å². The average molecular weight is 144 g/mol. The molecule has 0 saturated carbocycles. The molecule has 2 heterocycles. The molecule has 2 rings (SSSR count). The van der Waals surface area contributed by atoms with E-state index in [0.717, 1.165) is 6.42 Å². The van der Waals surface area contributed by atoms with Crippen molar-refractivity contribution in [2.45, 2.75) is 31.8 Å². The number of hydrogen-bond acceptors (Lipinski definition) is 3. The van der Waals surface area contributed by atoms with Crippen molar-refractivity contribution in [2.75, 3.05) is 6.61 Å². The summed E-state index contributed by atoms with van der Waals surface area (Å²) in [5, 5.41) is 9.36. The number of hydrogen-bond donors (Lipinski definition) is 1. The fourth-order valence-corrected chi connectivity index (χ4v) is 1.58. The van der Waals surface area contributed by atoms with Gasteiger partial charge in [0, 0.05) is 5.92 Å². The Kier molecular flexibility index (Phi) is 1.44. The van der Waals surface area contributed by atoms with Crippen LogP contribution in [-0.4, -0.2) is 30.2 Å². The van der Waals surface area contributed by atoms with Crippen LogP contribution in [0.3, 0.4) is 0 Å². The summed E-state index contributed by atoms with van der Waals surface area (Å²) in [6.45, 7) is 2.60. The van der Waals surface area contributed by atoms with Crippen LogP contribution in [0.1, 0.15) is 13.3 Å². The third kappa shape index (κ3) is 0.856. The molecule has 0 amide bonds. The first-order valence-electron chi connectivity index (χ1n) is 3.72. The number of aliphatic hydroxyl groups excluding tert-OH is 1. The fourth-order valence-electron chi connectivity index (χ4n) is 1.58. The molecule has 2 aliphatic heterocycles. The van der Waals surface area contributed by atoms with Gasteiger partial charge in [0.15, 0.2) is 6.29 Å². The van der Waals surface area contributed by atoms with Crippen molar-refractivity contribution >= 4 is 0 Å². The van der Waals surface area contributed by atoms with Crippen LogP contribution in [0, 0.1) is 5.92 Å². The summed E-state index contributed by atoms with van der Waals surface area (Å²) in [5.41, 5.74) is 0. The molecule has 10 heavy (non-hydrogen) atoms. The summed E-state index contributed by atoms with van der Waals surface area (Å²) in [7, 11) is 0. The zero-order valence-corrected chi connectivity index (χ0v) is 5.99. The average Bonchev–Trinajstić information content (AvgIpc) is 2.28. The van der Waals surface area contributed by atoms with Gasteiger partial charge in [0.1, 0.15) is 6.10 Å². The van der Waals surface area contributed by atoms with Crippen LogP contribution in [0.5, 0.6) is 0 Å². The monoisotopic (exact) mass is 144 g/mol. The van der Waals surface area contributed by atoms with Crippen molar-refractivity contribution < 1.29 is 14.6 Å². The molecular formula is C7H12O3. The molecular weight excluding hydrogens is 132 g/mol. The van der Waals surface area contributed by atoms with Gasteiger partial charge in [0.25, 0.3) is 0 Å². The molecule has 0 aromatic carbocycles. The minimum atomic E-state index is -0.311. The van der Waals surface area contributed by atoms with E-state index in [2.05, 4.69) is 0 Å². The van der Waals surface area contributed by atoms with Crippen LogP contribution in [0.4, 0.5) is 0 Å². The Morgan fingerprint density at radius 2 is 2.30 bits per heavy atom. The normalized spacial score (nSPS) is 53.4. The molecule has 0 radical (unpaired) electrons. The molecule has 2 fully saturated rings.